The van der Waals surface area contributed by atoms with E-state index in [1.54, 1.807) is 7.11 Å². The Bertz CT molecular complexity index is 426. The highest BCUT2D eigenvalue weighted by atomic mass is 16.5. The van der Waals surface area contributed by atoms with Crippen molar-refractivity contribution in [3.63, 3.8) is 0 Å². The average molecular weight is 295 g/mol. The van der Waals surface area contributed by atoms with Gasteiger partial charge >= 0.3 is 0 Å². The molecule has 0 saturated carbocycles. The number of amides is 1. The zero-order valence-corrected chi connectivity index (χ0v) is 12.8. The highest BCUT2D eigenvalue weighted by Gasteiger charge is 2.06. The van der Waals surface area contributed by atoms with Gasteiger partial charge in [0.05, 0.1) is 6.61 Å². The van der Waals surface area contributed by atoms with Crippen LogP contribution in [0.2, 0.25) is 0 Å². The summed E-state index contributed by atoms with van der Waals surface area (Å²) in [6.45, 7) is 3.27. The third-order valence-electron chi connectivity index (χ3n) is 3.04. The molecule has 0 aliphatic heterocycles. The van der Waals surface area contributed by atoms with E-state index in [0.717, 1.165) is 18.7 Å². The number of nitrogens with one attached hydrogen (secondary N) is 1. The van der Waals surface area contributed by atoms with Gasteiger partial charge in [-0.3, -0.25) is 4.79 Å². The lowest BCUT2D eigenvalue weighted by Crippen LogP contribution is -2.36. The molecule has 118 valence electrons. The molecule has 1 rings (SSSR count). The zero-order valence-electron chi connectivity index (χ0n) is 12.8. The summed E-state index contributed by atoms with van der Waals surface area (Å²) < 4.78 is 10.5. The van der Waals surface area contributed by atoms with Crippen molar-refractivity contribution in [1.29, 1.82) is 0 Å². The maximum atomic E-state index is 11.7. The number of ether oxygens (including phenoxy) is 2. The Hall–Kier alpha value is -1.63. The van der Waals surface area contributed by atoms with E-state index in [9.17, 15) is 4.79 Å². The Labute approximate surface area is 126 Å². The Kier molecular flexibility index (Phi) is 8.42. The third kappa shape index (κ3) is 7.08. The second kappa shape index (κ2) is 10.1. The zero-order chi connectivity index (χ0) is 15.5. The summed E-state index contributed by atoms with van der Waals surface area (Å²) in [7, 11) is 3.66. The molecule has 6 heteroatoms. The van der Waals surface area contributed by atoms with Crippen LogP contribution in [0.4, 0.5) is 0 Å². The first-order valence-corrected chi connectivity index (χ1v) is 7.02. The van der Waals surface area contributed by atoms with Crippen LogP contribution in [0.1, 0.15) is 5.56 Å². The van der Waals surface area contributed by atoms with Crippen LogP contribution in [0.25, 0.3) is 0 Å². The van der Waals surface area contributed by atoms with Crippen molar-refractivity contribution in [2.75, 3.05) is 47.0 Å². The quantitative estimate of drug-likeness (QED) is 0.646. The summed E-state index contributed by atoms with van der Waals surface area (Å²) in [5.74, 6) is 0.523. The Balaban J connectivity index is 2.22. The van der Waals surface area contributed by atoms with E-state index in [-0.39, 0.29) is 12.5 Å². The summed E-state index contributed by atoms with van der Waals surface area (Å²) in [5, 5.41) is 2.82. The SMILES string of the molecule is COCCN(C)CCNC(=O)COc1ccccc1CN. The van der Waals surface area contributed by atoms with Crippen molar-refractivity contribution in [2.45, 2.75) is 6.54 Å². The van der Waals surface area contributed by atoms with E-state index in [4.69, 9.17) is 15.2 Å². The molecule has 1 amide bonds. The first-order valence-electron chi connectivity index (χ1n) is 7.02. The van der Waals surface area contributed by atoms with Crippen LogP contribution in [0, 0.1) is 0 Å². The molecule has 1 aromatic carbocycles. The van der Waals surface area contributed by atoms with Gasteiger partial charge in [0, 0.05) is 38.9 Å². The van der Waals surface area contributed by atoms with Gasteiger partial charge in [0.25, 0.3) is 5.91 Å². The standard InChI is InChI=1S/C15H25N3O3/c1-18(9-10-20-2)8-7-17-15(19)12-21-14-6-4-3-5-13(14)11-16/h3-6H,7-12,16H2,1-2H3,(H,17,19). The van der Waals surface area contributed by atoms with Gasteiger partial charge in [0.15, 0.2) is 6.61 Å². The van der Waals surface area contributed by atoms with Gasteiger partial charge in [0.1, 0.15) is 5.75 Å². The molecule has 0 atom stereocenters. The molecule has 0 spiro atoms. The lowest BCUT2D eigenvalue weighted by Gasteiger charge is -2.16. The first-order chi connectivity index (χ1) is 10.2. The van der Waals surface area contributed by atoms with E-state index < -0.39 is 0 Å². The molecule has 6 nitrogen and oxygen atoms in total. The maximum absolute atomic E-state index is 11.7. The molecule has 0 radical (unpaired) electrons. The third-order valence-corrected chi connectivity index (χ3v) is 3.04. The lowest BCUT2D eigenvalue weighted by atomic mass is 10.2. The fourth-order valence-corrected chi connectivity index (χ4v) is 1.75. The molecule has 0 aliphatic rings. The summed E-state index contributed by atoms with van der Waals surface area (Å²) in [4.78, 5) is 13.8. The molecular weight excluding hydrogens is 270 g/mol. The van der Waals surface area contributed by atoms with Crippen molar-refractivity contribution < 1.29 is 14.3 Å². The first kappa shape index (κ1) is 17.4. The fraction of sp³-hybridized carbons (Fsp3) is 0.533. The number of hydrogen-bond donors (Lipinski definition) is 2. The van der Waals surface area contributed by atoms with Crippen LogP contribution in [-0.4, -0.2) is 57.8 Å². The topological polar surface area (TPSA) is 76.8 Å². The second-order valence-electron chi connectivity index (χ2n) is 4.75. The molecule has 21 heavy (non-hydrogen) atoms. The van der Waals surface area contributed by atoms with Crippen molar-refractivity contribution in [1.82, 2.24) is 10.2 Å². The van der Waals surface area contributed by atoms with Crippen LogP contribution in [0.3, 0.4) is 0 Å². The van der Waals surface area contributed by atoms with E-state index in [0.29, 0.717) is 25.4 Å². The minimum Gasteiger partial charge on any atom is -0.483 e. The molecular formula is C15H25N3O3. The van der Waals surface area contributed by atoms with Gasteiger partial charge in [-0.2, -0.15) is 0 Å². The van der Waals surface area contributed by atoms with Crippen molar-refractivity contribution in [2.24, 2.45) is 5.73 Å². The van der Waals surface area contributed by atoms with Crippen LogP contribution >= 0.6 is 0 Å². The molecule has 0 unspecified atom stereocenters. The van der Waals surface area contributed by atoms with E-state index in [2.05, 4.69) is 10.2 Å². The van der Waals surface area contributed by atoms with Crippen LogP contribution in [0.5, 0.6) is 5.75 Å². The van der Waals surface area contributed by atoms with Gasteiger partial charge in [0.2, 0.25) is 0 Å². The molecule has 0 heterocycles. The fourth-order valence-electron chi connectivity index (χ4n) is 1.75. The van der Waals surface area contributed by atoms with E-state index >= 15 is 0 Å². The maximum Gasteiger partial charge on any atom is 0.257 e. The van der Waals surface area contributed by atoms with Crippen LogP contribution in [-0.2, 0) is 16.1 Å². The Morgan fingerprint density at radius 2 is 2.10 bits per heavy atom. The summed E-state index contributed by atoms with van der Waals surface area (Å²) in [5.41, 5.74) is 6.51. The minimum atomic E-state index is -0.137. The highest BCUT2D eigenvalue weighted by molar-refractivity contribution is 5.77. The molecule has 1 aromatic rings. The normalized spacial score (nSPS) is 10.7. The molecule has 0 saturated heterocycles. The van der Waals surface area contributed by atoms with Crippen molar-refractivity contribution >= 4 is 5.91 Å². The largest absolute Gasteiger partial charge is 0.483 e. The number of nitrogens with zero attached hydrogens (tertiary/aromatic N) is 1. The number of carbonyl (C=O) groups excluding carboxylic acids is 1. The number of rotatable bonds is 10. The number of nitrogens with two attached hydrogens (primary N) is 1. The number of carbonyl (C=O) groups is 1. The predicted octanol–water partition coefficient (Wildman–Crippen LogP) is 0.219. The highest BCUT2D eigenvalue weighted by Crippen LogP contribution is 2.16. The van der Waals surface area contributed by atoms with Crippen LogP contribution < -0.4 is 15.8 Å². The van der Waals surface area contributed by atoms with Crippen molar-refractivity contribution in [3.8, 4) is 5.75 Å². The van der Waals surface area contributed by atoms with Crippen molar-refractivity contribution in [3.05, 3.63) is 29.8 Å². The summed E-state index contributed by atoms with van der Waals surface area (Å²) >= 11 is 0. The molecule has 0 aliphatic carbocycles. The molecule has 0 fully saturated rings. The van der Waals surface area contributed by atoms with Gasteiger partial charge in [-0.25, -0.2) is 0 Å². The summed E-state index contributed by atoms with van der Waals surface area (Å²) in [6.07, 6.45) is 0. The van der Waals surface area contributed by atoms with Gasteiger partial charge in [-0.05, 0) is 13.1 Å². The molecule has 3 N–H and O–H groups in total. The Morgan fingerprint density at radius 1 is 1.33 bits per heavy atom. The van der Waals surface area contributed by atoms with E-state index in [1.807, 2.05) is 31.3 Å². The number of methoxy groups -OCH3 is 1. The number of benzene rings is 1. The number of hydrogen-bond acceptors (Lipinski definition) is 5. The number of para-hydroxylation sites is 1. The predicted molar refractivity (Wildman–Crippen MR) is 82.2 cm³/mol. The van der Waals surface area contributed by atoms with Gasteiger partial charge < -0.3 is 25.4 Å². The average Bonchev–Trinajstić information content (AvgIpc) is 2.51. The van der Waals surface area contributed by atoms with E-state index in [1.165, 1.54) is 0 Å². The number of likely N-dealkylation sites (N-methyl/N-ethyl adjacent to an activating group) is 1. The molecule has 0 bridgehead atoms. The second-order valence-corrected chi connectivity index (χ2v) is 4.75. The minimum absolute atomic E-state index is 0.00119. The monoisotopic (exact) mass is 295 g/mol. The van der Waals surface area contributed by atoms with Gasteiger partial charge in [-0.1, -0.05) is 18.2 Å². The van der Waals surface area contributed by atoms with Crippen LogP contribution in [0.15, 0.2) is 24.3 Å². The smallest absolute Gasteiger partial charge is 0.257 e. The summed E-state index contributed by atoms with van der Waals surface area (Å²) in [6, 6.07) is 7.45. The molecule has 0 aromatic heterocycles. The lowest BCUT2D eigenvalue weighted by molar-refractivity contribution is -0.123. The Morgan fingerprint density at radius 3 is 2.81 bits per heavy atom. The van der Waals surface area contributed by atoms with Gasteiger partial charge in [-0.15, -0.1) is 0 Å².